The highest BCUT2D eigenvalue weighted by Gasteiger charge is 2.13. The number of benzene rings is 1. The van der Waals surface area contributed by atoms with Crippen LogP contribution in [-0.2, 0) is 0 Å². The zero-order valence-electron chi connectivity index (χ0n) is 12.5. The number of hydrazone groups is 1. The Kier molecular flexibility index (Phi) is 4.41. The average Bonchev–Trinajstić information content (AvgIpc) is 2.43. The quantitative estimate of drug-likeness (QED) is 0.671. The minimum atomic E-state index is -0.705. The molecule has 0 saturated carbocycles. The van der Waals surface area contributed by atoms with E-state index in [2.05, 4.69) is 10.5 Å². The third-order valence-corrected chi connectivity index (χ3v) is 3.02. The van der Waals surface area contributed by atoms with Crippen LogP contribution in [0.4, 0.5) is 0 Å². The zero-order valence-corrected chi connectivity index (χ0v) is 12.5. The summed E-state index contributed by atoms with van der Waals surface area (Å²) in [6.07, 6.45) is 0. The van der Waals surface area contributed by atoms with Gasteiger partial charge in [-0.3, -0.25) is 4.79 Å². The molecule has 0 spiro atoms. The maximum Gasteiger partial charge on any atom is 0.348 e. The first-order valence-electron chi connectivity index (χ1n) is 6.64. The summed E-state index contributed by atoms with van der Waals surface area (Å²) >= 11 is 0. The number of rotatable bonds is 3. The van der Waals surface area contributed by atoms with Crippen molar-refractivity contribution in [2.75, 3.05) is 0 Å². The Balaban J connectivity index is 2.24. The van der Waals surface area contributed by atoms with Crippen molar-refractivity contribution in [3.05, 3.63) is 63.2 Å². The minimum Gasteiger partial charge on any atom is -0.507 e. The molecule has 114 valence electrons. The summed E-state index contributed by atoms with van der Waals surface area (Å²) in [4.78, 5) is 23.7. The van der Waals surface area contributed by atoms with Crippen LogP contribution in [0.3, 0.4) is 0 Å². The summed E-state index contributed by atoms with van der Waals surface area (Å²) in [5, 5.41) is 13.7. The second kappa shape index (κ2) is 6.26. The van der Waals surface area contributed by atoms with Crippen LogP contribution in [-0.4, -0.2) is 16.7 Å². The van der Waals surface area contributed by atoms with Crippen molar-refractivity contribution in [1.82, 2.24) is 5.43 Å². The molecule has 2 rings (SSSR count). The van der Waals surface area contributed by atoms with Crippen LogP contribution in [0.5, 0.6) is 5.75 Å². The molecular weight excluding hydrogens is 284 g/mol. The summed E-state index contributed by atoms with van der Waals surface area (Å²) in [6.45, 7) is 4.93. The molecule has 0 fully saturated rings. The maximum absolute atomic E-state index is 12.0. The van der Waals surface area contributed by atoms with Crippen LogP contribution in [0.2, 0.25) is 0 Å². The van der Waals surface area contributed by atoms with E-state index in [1.807, 2.05) is 13.0 Å². The highest BCUT2D eigenvalue weighted by molar-refractivity contribution is 6.02. The monoisotopic (exact) mass is 300 g/mol. The van der Waals surface area contributed by atoms with Gasteiger partial charge in [-0.25, -0.2) is 10.2 Å². The lowest BCUT2D eigenvalue weighted by molar-refractivity contribution is 0.0954. The summed E-state index contributed by atoms with van der Waals surface area (Å²) in [7, 11) is 0. The van der Waals surface area contributed by atoms with Gasteiger partial charge in [0.25, 0.3) is 5.91 Å². The number of aromatic hydroxyl groups is 1. The minimum absolute atomic E-state index is 0.0739. The fraction of sp³-hybridized carbons (Fsp3) is 0.188. The van der Waals surface area contributed by atoms with Crippen molar-refractivity contribution in [3.63, 3.8) is 0 Å². The molecule has 6 nitrogen and oxygen atoms in total. The molecule has 1 aromatic carbocycles. The predicted molar refractivity (Wildman–Crippen MR) is 82.2 cm³/mol. The lowest BCUT2D eigenvalue weighted by atomic mass is 10.1. The molecular formula is C16H16N2O4. The first-order chi connectivity index (χ1) is 10.4. The van der Waals surface area contributed by atoms with Crippen molar-refractivity contribution >= 4 is 11.6 Å². The topological polar surface area (TPSA) is 91.9 Å². The van der Waals surface area contributed by atoms with Crippen LogP contribution in [0.25, 0.3) is 0 Å². The van der Waals surface area contributed by atoms with E-state index in [0.717, 1.165) is 5.56 Å². The number of carbonyl (C=O) groups excluding carboxylic acids is 1. The summed E-state index contributed by atoms with van der Waals surface area (Å²) < 4.78 is 4.91. The molecule has 2 aromatic rings. The van der Waals surface area contributed by atoms with Crippen LogP contribution < -0.4 is 11.1 Å². The fourth-order valence-corrected chi connectivity index (χ4v) is 1.97. The molecule has 0 bridgehead atoms. The summed E-state index contributed by atoms with van der Waals surface area (Å²) in [6, 6.07) is 8.34. The second-order valence-corrected chi connectivity index (χ2v) is 4.91. The van der Waals surface area contributed by atoms with Crippen LogP contribution in [0.1, 0.15) is 34.2 Å². The Labute approximate surface area is 127 Å². The first-order valence-corrected chi connectivity index (χ1v) is 6.64. The lowest BCUT2D eigenvalue weighted by Gasteiger charge is -2.05. The van der Waals surface area contributed by atoms with Crippen molar-refractivity contribution in [1.29, 1.82) is 0 Å². The van der Waals surface area contributed by atoms with Crippen molar-refractivity contribution in [3.8, 4) is 5.75 Å². The Morgan fingerprint density at radius 3 is 2.64 bits per heavy atom. The summed E-state index contributed by atoms with van der Waals surface area (Å²) in [5.74, 6) is -0.346. The van der Waals surface area contributed by atoms with Gasteiger partial charge >= 0.3 is 5.63 Å². The number of nitrogens with one attached hydrogen (secondary N) is 1. The van der Waals surface area contributed by atoms with Crippen LogP contribution >= 0.6 is 0 Å². The fourth-order valence-electron chi connectivity index (χ4n) is 1.97. The highest BCUT2D eigenvalue weighted by Crippen LogP contribution is 2.15. The van der Waals surface area contributed by atoms with E-state index >= 15 is 0 Å². The standard InChI is InChI=1S/C16H16N2O4/c1-9-5-4-6-12(7-9)15(20)18-17-11(3)14-13(19)8-10(2)22-16(14)21/h4-8,19H,1-3H3,(H,18,20). The Morgan fingerprint density at radius 2 is 2.00 bits per heavy atom. The molecule has 0 aliphatic heterocycles. The largest absolute Gasteiger partial charge is 0.507 e. The molecule has 0 atom stereocenters. The smallest absolute Gasteiger partial charge is 0.348 e. The van der Waals surface area contributed by atoms with E-state index in [0.29, 0.717) is 11.3 Å². The molecule has 0 saturated heterocycles. The third kappa shape index (κ3) is 3.41. The molecule has 1 aromatic heterocycles. The van der Waals surface area contributed by atoms with Crippen LogP contribution in [0, 0.1) is 13.8 Å². The SMILES string of the molecule is CC(=NNC(=O)c1cccc(C)c1)c1c(O)cc(C)oc1=O. The first kappa shape index (κ1) is 15.5. The van der Waals surface area contributed by atoms with E-state index in [9.17, 15) is 14.7 Å². The number of hydrogen-bond acceptors (Lipinski definition) is 5. The highest BCUT2D eigenvalue weighted by atomic mass is 16.4. The normalized spacial score (nSPS) is 11.3. The molecule has 22 heavy (non-hydrogen) atoms. The van der Waals surface area contributed by atoms with E-state index < -0.39 is 11.5 Å². The van der Waals surface area contributed by atoms with Gasteiger partial charge in [0.05, 0.1) is 5.71 Å². The summed E-state index contributed by atoms with van der Waals surface area (Å²) in [5.41, 5.74) is 3.14. The lowest BCUT2D eigenvalue weighted by Crippen LogP contribution is -2.21. The van der Waals surface area contributed by atoms with E-state index in [1.165, 1.54) is 13.0 Å². The van der Waals surface area contributed by atoms with E-state index in [4.69, 9.17) is 4.42 Å². The molecule has 2 N–H and O–H groups in total. The maximum atomic E-state index is 12.0. The van der Waals surface area contributed by atoms with Gasteiger partial charge in [0.1, 0.15) is 17.1 Å². The zero-order chi connectivity index (χ0) is 16.3. The van der Waals surface area contributed by atoms with E-state index in [-0.39, 0.29) is 17.0 Å². The molecule has 0 unspecified atom stereocenters. The third-order valence-electron chi connectivity index (χ3n) is 3.02. The number of aryl methyl sites for hydroxylation is 2. The average molecular weight is 300 g/mol. The van der Waals surface area contributed by atoms with Gasteiger partial charge in [0.2, 0.25) is 0 Å². The van der Waals surface area contributed by atoms with Gasteiger partial charge < -0.3 is 9.52 Å². The number of carbonyl (C=O) groups is 1. The van der Waals surface area contributed by atoms with Gasteiger partial charge in [0.15, 0.2) is 0 Å². The molecule has 6 heteroatoms. The van der Waals surface area contributed by atoms with Crippen molar-refractivity contribution in [2.45, 2.75) is 20.8 Å². The Bertz CT molecular complexity index is 806. The second-order valence-electron chi connectivity index (χ2n) is 4.91. The van der Waals surface area contributed by atoms with E-state index in [1.54, 1.807) is 25.1 Å². The molecule has 0 aliphatic carbocycles. The van der Waals surface area contributed by atoms with Crippen molar-refractivity contribution in [2.24, 2.45) is 5.10 Å². The molecule has 0 radical (unpaired) electrons. The molecule has 0 aliphatic rings. The van der Waals surface area contributed by atoms with Crippen LogP contribution in [0.15, 0.2) is 44.6 Å². The number of amides is 1. The predicted octanol–water partition coefficient (Wildman–Crippen LogP) is 2.12. The molecule has 1 amide bonds. The van der Waals surface area contributed by atoms with Crippen molar-refractivity contribution < 1.29 is 14.3 Å². The van der Waals surface area contributed by atoms with Gasteiger partial charge in [-0.15, -0.1) is 0 Å². The Morgan fingerprint density at radius 1 is 1.27 bits per heavy atom. The number of nitrogens with zero attached hydrogens (tertiary/aromatic N) is 1. The Hall–Kier alpha value is -2.89. The number of hydrogen-bond donors (Lipinski definition) is 2. The van der Waals surface area contributed by atoms with Gasteiger partial charge in [-0.2, -0.15) is 5.10 Å². The van der Waals surface area contributed by atoms with Gasteiger partial charge in [-0.05, 0) is 32.9 Å². The van der Waals surface area contributed by atoms with Gasteiger partial charge in [-0.1, -0.05) is 17.7 Å². The van der Waals surface area contributed by atoms with Gasteiger partial charge in [0, 0.05) is 11.6 Å². The molecule has 1 heterocycles.